The molecule has 1 rings (SSSR count). The Morgan fingerprint density at radius 3 is 2.75 bits per heavy atom. The Kier molecular flexibility index (Phi) is 5.69. The van der Waals surface area contributed by atoms with Crippen LogP contribution in [0.2, 0.25) is 0 Å². The van der Waals surface area contributed by atoms with E-state index in [9.17, 15) is 0 Å². The van der Waals surface area contributed by atoms with Gasteiger partial charge in [-0.05, 0) is 43.9 Å². The molecule has 0 heterocycles. The van der Waals surface area contributed by atoms with Crippen molar-refractivity contribution in [3.8, 4) is 0 Å². The van der Waals surface area contributed by atoms with Gasteiger partial charge in [-0.1, -0.05) is 37.6 Å². The standard InChI is InChI=1S/C15H23N/c1-4-7-14(5-2)10-11-16-15-9-6-8-13(3)12-15/h6-9,12,16H,4-5,10-11H2,1-3H3. The van der Waals surface area contributed by atoms with Crippen molar-refractivity contribution in [1.29, 1.82) is 0 Å². The van der Waals surface area contributed by atoms with Crippen LogP contribution in [0.5, 0.6) is 0 Å². The van der Waals surface area contributed by atoms with E-state index in [1.807, 2.05) is 0 Å². The molecule has 0 aliphatic rings. The number of benzene rings is 1. The van der Waals surface area contributed by atoms with Crippen LogP contribution >= 0.6 is 0 Å². The van der Waals surface area contributed by atoms with Gasteiger partial charge >= 0.3 is 0 Å². The molecule has 0 bridgehead atoms. The quantitative estimate of drug-likeness (QED) is 0.690. The van der Waals surface area contributed by atoms with E-state index in [1.54, 1.807) is 5.57 Å². The highest BCUT2D eigenvalue weighted by Crippen LogP contribution is 2.12. The Labute approximate surface area is 99.6 Å². The first-order valence-corrected chi connectivity index (χ1v) is 6.24. The highest BCUT2D eigenvalue weighted by Gasteiger charge is 1.95. The zero-order valence-corrected chi connectivity index (χ0v) is 10.7. The minimum absolute atomic E-state index is 1.03. The van der Waals surface area contributed by atoms with Gasteiger partial charge in [0.2, 0.25) is 0 Å². The summed E-state index contributed by atoms with van der Waals surface area (Å²) in [5, 5.41) is 3.47. The number of nitrogens with one attached hydrogen (secondary N) is 1. The van der Waals surface area contributed by atoms with Crippen LogP contribution in [0, 0.1) is 6.92 Å². The first kappa shape index (κ1) is 12.8. The van der Waals surface area contributed by atoms with E-state index in [1.165, 1.54) is 17.7 Å². The van der Waals surface area contributed by atoms with Crippen molar-refractivity contribution in [3.05, 3.63) is 41.5 Å². The Balaban J connectivity index is 2.38. The number of rotatable bonds is 6. The Morgan fingerprint density at radius 2 is 2.12 bits per heavy atom. The zero-order valence-electron chi connectivity index (χ0n) is 10.7. The molecule has 0 unspecified atom stereocenters. The third-order valence-electron chi connectivity index (χ3n) is 2.74. The number of hydrogen-bond acceptors (Lipinski definition) is 1. The van der Waals surface area contributed by atoms with Gasteiger partial charge in [-0.15, -0.1) is 0 Å². The third-order valence-corrected chi connectivity index (χ3v) is 2.74. The molecule has 1 nitrogen and oxygen atoms in total. The predicted molar refractivity (Wildman–Crippen MR) is 73.0 cm³/mol. The molecule has 0 aliphatic heterocycles. The molecular weight excluding hydrogens is 194 g/mol. The largest absolute Gasteiger partial charge is 0.385 e. The van der Waals surface area contributed by atoms with Gasteiger partial charge in [0.25, 0.3) is 0 Å². The first-order chi connectivity index (χ1) is 7.76. The normalized spacial score (nSPS) is 11.6. The molecule has 0 saturated heterocycles. The predicted octanol–water partition coefficient (Wildman–Crippen LogP) is 4.54. The van der Waals surface area contributed by atoms with Crippen LogP contribution in [0.1, 0.15) is 38.7 Å². The average Bonchev–Trinajstić information content (AvgIpc) is 2.28. The SMILES string of the molecule is CCC=C(CC)CCNc1cccc(C)c1. The minimum atomic E-state index is 1.03. The topological polar surface area (TPSA) is 12.0 Å². The van der Waals surface area contributed by atoms with Crippen LogP contribution in [0.15, 0.2) is 35.9 Å². The summed E-state index contributed by atoms with van der Waals surface area (Å²) >= 11 is 0. The molecule has 0 amide bonds. The van der Waals surface area contributed by atoms with E-state index in [0.717, 1.165) is 19.4 Å². The van der Waals surface area contributed by atoms with Crippen LogP contribution < -0.4 is 5.32 Å². The van der Waals surface area contributed by atoms with Crippen molar-refractivity contribution in [2.75, 3.05) is 11.9 Å². The fraction of sp³-hybridized carbons (Fsp3) is 0.467. The molecule has 1 heteroatoms. The van der Waals surface area contributed by atoms with E-state index in [0.29, 0.717) is 0 Å². The fourth-order valence-electron chi connectivity index (χ4n) is 1.83. The first-order valence-electron chi connectivity index (χ1n) is 6.24. The molecule has 1 aromatic carbocycles. The molecule has 0 saturated carbocycles. The van der Waals surface area contributed by atoms with Crippen molar-refractivity contribution in [2.24, 2.45) is 0 Å². The van der Waals surface area contributed by atoms with Gasteiger partial charge in [0, 0.05) is 12.2 Å². The molecule has 88 valence electrons. The molecule has 0 aromatic heterocycles. The van der Waals surface area contributed by atoms with E-state index in [4.69, 9.17) is 0 Å². The summed E-state index contributed by atoms with van der Waals surface area (Å²) in [7, 11) is 0. The lowest BCUT2D eigenvalue weighted by Crippen LogP contribution is -2.02. The van der Waals surface area contributed by atoms with Crippen molar-refractivity contribution in [1.82, 2.24) is 0 Å². The maximum Gasteiger partial charge on any atom is 0.0342 e. The Hall–Kier alpha value is -1.24. The van der Waals surface area contributed by atoms with Crippen LogP contribution in [-0.4, -0.2) is 6.54 Å². The molecular formula is C15H23N. The van der Waals surface area contributed by atoms with Gasteiger partial charge in [0.05, 0.1) is 0 Å². The summed E-state index contributed by atoms with van der Waals surface area (Å²) < 4.78 is 0. The average molecular weight is 217 g/mol. The minimum Gasteiger partial charge on any atom is -0.385 e. The number of allylic oxidation sites excluding steroid dienone is 1. The van der Waals surface area contributed by atoms with Gasteiger partial charge in [0.1, 0.15) is 0 Å². The van der Waals surface area contributed by atoms with Gasteiger partial charge in [-0.3, -0.25) is 0 Å². The number of aryl methyl sites for hydroxylation is 1. The highest BCUT2D eigenvalue weighted by atomic mass is 14.9. The van der Waals surface area contributed by atoms with E-state index < -0.39 is 0 Å². The van der Waals surface area contributed by atoms with E-state index in [-0.39, 0.29) is 0 Å². The number of anilines is 1. The summed E-state index contributed by atoms with van der Waals surface area (Å²) in [4.78, 5) is 0. The molecule has 16 heavy (non-hydrogen) atoms. The lowest BCUT2D eigenvalue weighted by molar-refractivity contribution is 0.909. The summed E-state index contributed by atoms with van der Waals surface area (Å²) in [5.41, 5.74) is 4.10. The monoisotopic (exact) mass is 217 g/mol. The van der Waals surface area contributed by atoms with Crippen molar-refractivity contribution < 1.29 is 0 Å². The van der Waals surface area contributed by atoms with E-state index >= 15 is 0 Å². The fourth-order valence-corrected chi connectivity index (χ4v) is 1.83. The lowest BCUT2D eigenvalue weighted by Gasteiger charge is -2.08. The van der Waals surface area contributed by atoms with Crippen LogP contribution in [-0.2, 0) is 0 Å². The van der Waals surface area contributed by atoms with Crippen LogP contribution in [0.25, 0.3) is 0 Å². The van der Waals surface area contributed by atoms with Crippen molar-refractivity contribution in [3.63, 3.8) is 0 Å². The molecule has 1 N–H and O–H groups in total. The summed E-state index contributed by atoms with van der Waals surface area (Å²) in [6, 6.07) is 8.54. The van der Waals surface area contributed by atoms with Crippen molar-refractivity contribution >= 4 is 5.69 Å². The maximum atomic E-state index is 3.47. The highest BCUT2D eigenvalue weighted by molar-refractivity contribution is 5.45. The van der Waals surface area contributed by atoms with Crippen molar-refractivity contribution in [2.45, 2.75) is 40.0 Å². The summed E-state index contributed by atoms with van der Waals surface area (Å²) in [5.74, 6) is 0. The number of hydrogen-bond donors (Lipinski definition) is 1. The molecule has 0 fully saturated rings. The van der Waals surface area contributed by atoms with Gasteiger partial charge in [-0.25, -0.2) is 0 Å². The summed E-state index contributed by atoms with van der Waals surface area (Å²) in [6.45, 7) is 7.58. The zero-order chi connectivity index (χ0) is 11.8. The molecule has 0 atom stereocenters. The molecule has 0 radical (unpaired) electrons. The van der Waals surface area contributed by atoms with Gasteiger partial charge in [0.15, 0.2) is 0 Å². The van der Waals surface area contributed by atoms with Gasteiger partial charge in [-0.2, -0.15) is 0 Å². The second-order valence-corrected chi connectivity index (χ2v) is 4.17. The Morgan fingerprint density at radius 1 is 1.31 bits per heavy atom. The Bertz CT molecular complexity index is 339. The molecule has 1 aromatic rings. The van der Waals surface area contributed by atoms with Crippen LogP contribution in [0.4, 0.5) is 5.69 Å². The third kappa shape index (κ3) is 4.52. The van der Waals surface area contributed by atoms with Gasteiger partial charge < -0.3 is 5.32 Å². The smallest absolute Gasteiger partial charge is 0.0342 e. The maximum absolute atomic E-state index is 3.47. The molecule has 0 spiro atoms. The molecule has 0 aliphatic carbocycles. The lowest BCUT2D eigenvalue weighted by atomic mass is 10.1. The van der Waals surface area contributed by atoms with E-state index in [2.05, 4.69) is 56.4 Å². The second-order valence-electron chi connectivity index (χ2n) is 4.17. The second kappa shape index (κ2) is 7.10. The summed E-state index contributed by atoms with van der Waals surface area (Å²) in [6.07, 6.45) is 5.81. The van der Waals surface area contributed by atoms with Crippen LogP contribution in [0.3, 0.4) is 0 Å².